The van der Waals surface area contributed by atoms with Crippen molar-refractivity contribution in [3.63, 3.8) is 0 Å². The van der Waals surface area contributed by atoms with Gasteiger partial charge in [0, 0.05) is 6.61 Å². The van der Waals surface area contributed by atoms with Gasteiger partial charge in [-0.2, -0.15) is 13.9 Å². The molecule has 39 heavy (non-hydrogen) atoms. The van der Waals surface area contributed by atoms with Gasteiger partial charge in [-0.1, -0.05) is 103 Å². The van der Waals surface area contributed by atoms with Gasteiger partial charge < -0.3 is 14.1 Å². The number of likely N-dealkylation sites (N-methyl/N-ethyl adjacent to an activating group) is 1. The van der Waals surface area contributed by atoms with E-state index in [1.807, 2.05) is 0 Å². The Bertz CT molecular complexity index is 535. The minimum absolute atomic E-state index is 0.132. The second-order valence-electron chi connectivity index (χ2n) is 11.7. The van der Waals surface area contributed by atoms with Crippen molar-refractivity contribution in [2.45, 2.75) is 135 Å². The number of likely N-dealkylation sites (tertiary alicyclic amines) is 1. The van der Waals surface area contributed by atoms with E-state index in [1.165, 1.54) is 116 Å². The molecule has 9 heteroatoms. The van der Waals surface area contributed by atoms with Crippen LogP contribution in [-0.4, -0.2) is 75.7 Å². The summed E-state index contributed by atoms with van der Waals surface area (Å²) >= 11 is 0. The van der Waals surface area contributed by atoms with E-state index in [2.05, 4.69) is 14.0 Å². The first-order valence-electron chi connectivity index (χ1n) is 16.1. The van der Waals surface area contributed by atoms with Gasteiger partial charge in [-0.3, -0.25) is 0 Å². The van der Waals surface area contributed by atoms with E-state index in [0.717, 1.165) is 30.4 Å². The number of phosphoric ester groups is 1. The number of nitrogens with zero attached hydrogens (tertiary/aromatic N) is 1. The molecular formula is C30H63NO7P+. The van der Waals surface area contributed by atoms with Crippen molar-refractivity contribution in [3.8, 4) is 0 Å². The molecule has 0 aromatic carbocycles. The van der Waals surface area contributed by atoms with Crippen molar-refractivity contribution in [1.29, 1.82) is 0 Å². The third-order valence-corrected chi connectivity index (χ3v) is 8.87. The minimum atomic E-state index is -4.15. The van der Waals surface area contributed by atoms with E-state index in [9.17, 15) is 9.79 Å². The van der Waals surface area contributed by atoms with Gasteiger partial charge in [-0.05, 0) is 25.7 Å². The summed E-state index contributed by atoms with van der Waals surface area (Å²) < 4.78 is 16.9. The van der Waals surface area contributed by atoms with Gasteiger partial charge in [0.25, 0.3) is 0 Å². The fourth-order valence-electron chi connectivity index (χ4n) is 5.30. The van der Waals surface area contributed by atoms with Gasteiger partial charge in [0.1, 0.15) is 25.9 Å². The Labute approximate surface area is 241 Å². The standard InChI is InChI=1S/C30H62NO7P/c1-4-5-6-7-8-9-10-11-12-13-14-15-16-17-18-22-26-35-28-30(38-34-3)29-37-39(32,33)36-27-25-31(2)23-20-19-21-24-31/h30H,4-29H2,1-3H3/p+1/t30-/m1/s1. The molecule has 0 aromatic rings. The smallest absolute Gasteiger partial charge is 0.377 e. The molecule has 0 radical (unpaired) electrons. The predicted molar refractivity (Wildman–Crippen MR) is 158 cm³/mol. The summed E-state index contributed by atoms with van der Waals surface area (Å²) in [4.78, 5) is 32.2. The Morgan fingerprint density at radius 1 is 0.718 bits per heavy atom. The molecule has 1 saturated heterocycles. The maximum atomic E-state index is 12.3. The summed E-state index contributed by atoms with van der Waals surface area (Å²) in [5, 5.41) is 0. The normalized spacial score (nSPS) is 17.8. The lowest BCUT2D eigenvalue weighted by atomic mass is 10.0. The first-order chi connectivity index (χ1) is 18.9. The Hall–Kier alpha value is 0.110. The van der Waals surface area contributed by atoms with Gasteiger partial charge in [-0.25, -0.2) is 9.78 Å². The quantitative estimate of drug-likeness (QED) is 0.0354. The molecular weight excluding hydrogens is 517 g/mol. The molecule has 2 atom stereocenters. The Morgan fingerprint density at radius 3 is 1.74 bits per heavy atom. The van der Waals surface area contributed by atoms with Crippen molar-refractivity contribution in [2.24, 2.45) is 0 Å². The molecule has 1 rings (SSSR count). The van der Waals surface area contributed by atoms with Crippen LogP contribution in [0, 0.1) is 0 Å². The number of hydrogen-bond donors (Lipinski definition) is 1. The molecule has 0 saturated carbocycles. The van der Waals surface area contributed by atoms with Crippen LogP contribution < -0.4 is 4.89 Å². The summed E-state index contributed by atoms with van der Waals surface area (Å²) in [6.45, 7) is 6.07. The van der Waals surface area contributed by atoms with Crippen LogP contribution in [0.5, 0.6) is 0 Å². The molecule has 0 aromatic heterocycles. The highest BCUT2D eigenvalue weighted by Gasteiger charge is 2.32. The Morgan fingerprint density at radius 2 is 1.23 bits per heavy atom. The third kappa shape index (κ3) is 22.4. The van der Waals surface area contributed by atoms with Crippen LogP contribution in [-0.2, 0) is 23.6 Å². The van der Waals surface area contributed by atoms with Crippen molar-refractivity contribution >= 4 is 8.17 Å². The number of phosphoric acid groups is 1. The first-order valence-corrected chi connectivity index (χ1v) is 17.6. The topological polar surface area (TPSA) is 89.4 Å². The summed E-state index contributed by atoms with van der Waals surface area (Å²) in [6.07, 6.45) is 24.5. The molecule has 234 valence electrons. The van der Waals surface area contributed by atoms with E-state index in [4.69, 9.17) is 23.6 Å². The molecule has 0 aliphatic carbocycles. The van der Waals surface area contributed by atoms with Crippen LogP contribution >= 0.6 is 8.17 Å². The summed E-state index contributed by atoms with van der Waals surface area (Å²) in [6, 6.07) is 0. The number of hydrogen-bond acceptors (Lipinski definition) is 7. The fraction of sp³-hybridized carbons (Fsp3) is 1.00. The Balaban J connectivity index is 1.95. The third-order valence-electron chi connectivity index (χ3n) is 7.88. The average Bonchev–Trinajstić information content (AvgIpc) is 2.91. The van der Waals surface area contributed by atoms with Gasteiger partial charge in [-0.15, -0.1) is 0 Å². The summed E-state index contributed by atoms with van der Waals surface area (Å²) in [7, 11) is -0.572. The molecule has 0 spiro atoms. The molecule has 1 heterocycles. The largest absolute Gasteiger partial charge is 0.606 e. The second-order valence-corrected chi connectivity index (χ2v) is 13.2. The highest BCUT2D eigenvalue weighted by Crippen LogP contribution is 2.47. The molecule has 1 aliphatic heterocycles. The average molecular weight is 581 g/mol. The van der Waals surface area contributed by atoms with Gasteiger partial charge >= 0.3 is 8.17 Å². The van der Waals surface area contributed by atoms with Crippen molar-refractivity contribution in [2.75, 3.05) is 60.2 Å². The van der Waals surface area contributed by atoms with Gasteiger partial charge in [0.2, 0.25) is 0 Å². The molecule has 8 nitrogen and oxygen atoms in total. The Kier molecular flexibility index (Phi) is 23.5. The van der Waals surface area contributed by atoms with Gasteiger partial charge in [0.05, 0.1) is 33.9 Å². The van der Waals surface area contributed by atoms with E-state index < -0.39 is 14.3 Å². The van der Waals surface area contributed by atoms with E-state index in [1.54, 1.807) is 0 Å². The van der Waals surface area contributed by atoms with E-state index in [0.29, 0.717) is 13.2 Å². The number of piperidine rings is 1. The predicted octanol–water partition coefficient (Wildman–Crippen LogP) is 6.91. The van der Waals surface area contributed by atoms with Crippen molar-refractivity contribution < 1.29 is 37.8 Å². The zero-order valence-electron chi connectivity index (χ0n) is 25.8. The van der Waals surface area contributed by atoms with Crippen molar-refractivity contribution in [1.82, 2.24) is 0 Å². The zero-order valence-corrected chi connectivity index (χ0v) is 26.6. The zero-order chi connectivity index (χ0) is 28.5. The van der Waals surface area contributed by atoms with Crippen LogP contribution in [0.25, 0.3) is 0 Å². The number of ether oxygens (including phenoxy) is 1. The fourth-order valence-corrected chi connectivity index (χ4v) is 6.04. The SMILES string of the molecule is CCCCCCCCCCCCCCCCCCOC[C@H](CO[P+]([O-])(O)OCC[N+]1(C)CCCCC1)OOC. The maximum Gasteiger partial charge on any atom is 0.377 e. The van der Waals surface area contributed by atoms with Crippen LogP contribution in [0.15, 0.2) is 0 Å². The number of quaternary nitrogens is 1. The number of rotatable bonds is 28. The summed E-state index contributed by atoms with van der Waals surface area (Å²) in [5.41, 5.74) is 0. The molecule has 1 fully saturated rings. The molecule has 0 amide bonds. The lowest BCUT2D eigenvalue weighted by Crippen LogP contribution is -2.49. The first kappa shape index (κ1) is 37.1. The summed E-state index contributed by atoms with van der Waals surface area (Å²) in [5.74, 6) is 0. The highest BCUT2D eigenvalue weighted by atomic mass is 31.2. The van der Waals surface area contributed by atoms with E-state index >= 15 is 0 Å². The molecule has 1 unspecified atom stereocenters. The molecule has 0 bridgehead atoms. The highest BCUT2D eigenvalue weighted by molar-refractivity contribution is 7.52. The molecule has 1 aliphatic rings. The van der Waals surface area contributed by atoms with Crippen molar-refractivity contribution in [3.05, 3.63) is 0 Å². The second kappa shape index (κ2) is 24.7. The lowest BCUT2D eigenvalue weighted by Gasteiger charge is -2.37. The monoisotopic (exact) mass is 580 g/mol. The maximum absolute atomic E-state index is 12.3. The number of unbranched alkanes of at least 4 members (excludes halogenated alkanes) is 15. The van der Waals surface area contributed by atoms with Crippen LogP contribution in [0.4, 0.5) is 0 Å². The van der Waals surface area contributed by atoms with Crippen LogP contribution in [0.2, 0.25) is 0 Å². The van der Waals surface area contributed by atoms with E-state index in [-0.39, 0.29) is 19.8 Å². The lowest BCUT2D eigenvalue weighted by molar-refractivity contribution is -0.914. The van der Waals surface area contributed by atoms with Crippen LogP contribution in [0.3, 0.4) is 0 Å². The minimum Gasteiger partial charge on any atom is -0.606 e. The molecule has 1 N–H and O–H groups in total. The van der Waals surface area contributed by atoms with Crippen LogP contribution in [0.1, 0.15) is 129 Å². The van der Waals surface area contributed by atoms with Gasteiger partial charge in [0.15, 0.2) is 0 Å².